The van der Waals surface area contributed by atoms with Crippen LogP contribution in [0.4, 0.5) is 13.2 Å². The number of likely N-dealkylation sites (tertiary alicyclic amines) is 1. The number of nitrogens with one attached hydrogen (secondary N) is 2. The van der Waals surface area contributed by atoms with Crippen LogP contribution in [0.15, 0.2) is 29.3 Å². The van der Waals surface area contributed by atoms with Gasteiger partial charge in [-0.1, -0.05) is 12.1 Å². The number of alkyl halides is 3. The van der Waals surface area contributed by atoms with Crippen molar-refractivity contribution in [2.24, 2.45) is 4.99 Å². The number of nitrogens with zero attached hydrogens (tertiary/aromatic N) is 2. The highest BCUT2D eigenvalue weighted by Crippen LogP contribution is 2.29. The van der Waals surface area contributed by atoms with Crippen LogP contribution in [0.5, 0.6) is 0 Å². The van der Waals surface area contributed by atoms with E-state index in [4.69, 9.17) is 4.74 Å². The highest BCUT2D eigenvalue weighted by molar-refractivity contribution is 14.0. The lowest BCUT2D eigenvalue weighted by molar-refractivity contribution is -0.153. The van der Waals surface area contributed by atoms with Crippen molar-refractivity contribution in [3.8, 4) is 0 Å². The first-order chi connectivity index (χ1) is 13.5. The predicted molar refractivity (Wildman–Crippen MR) is 121 cm³/mol. The zero-order valence-electron chi connectivity index (χ0n) is 17.7. The van der Waals surface area contributed by atoms with Crippen LogP contribution in [0.25, 0.3) is 0 Å². The number of carbonyl (C=O) groups is 1. The molecule has 30 heavy (non-hydrogen) atoms. The fraction of sp³-hybridized carbons (Fsp3) is 0.600. The third kappa shape index (κ3) is 9.07. The van der Waals surface area contributed by atoms with E-state index in [0.717, 1.165) is 37.2 Å². The van der Waals surface area contributed by atoms with Crippen molar-refractivity contribution < 1.29 is 22.7 Å². The van der Waals surface area contributed by atoms with E-state index in [-0.39, 0.29) is 42.5 Å². The summed E-state index contributed by atoms with van der Waals surface area (Å²) in [6.45, 7) is 7.57. The smallest absolute Gasteiger partial charge is 0.416 e. The third-order valence-electron chi connectivity index (χ3n) is 4.34. The van der Waals surface area contributed by atoms with Crippen LogP contribution in [0, 0.1) is 0 Å². The normalized spacial score (nSPS) is 18.0. The summed E-state index contributed by atoms with van der Waals surface area (Å²) in [5.41, 5.74) is -0.340. The van der Waals surface area contributed by atoms with Gasteiger partial charge in [-0.2, -0.15) is 13.2 Å². The van der Waals surface area contributed by atoms with Gasteiger partial charge in [0.05, 0.1) is 5.56 Å². The number of esters is 1. The second-order valence-corrected chi connectivity index (χ2v) is 8.07. The van der Waals surface area contributed by atoms with Crippen molar-refractivity contribution >= 4 is 35.9 Å². The van der Waals surface area contributed by atoms with Gasteiger partial charge in [0, 0.05) is 32.7 Å². The average molecular weight is 542 g/mol. The van der Waals surface area contributed by atoms with Gasteiger partial charge in [-0.25, -0.2) is 0 Å². The number of hydrogen-bond acceptors (Lipinski definition) is 4. The van der Waals surface area contributed by atoms with Crippen molar-refractivity contribution in [2.45, 2.75) is 51.6 Å². The molecule has 2 N–H and O–H groups in total. The van der Waals surface area contributed by atoms with E-state index in [1.807, 2.05) is 20.8 Å². The van der Waals surface area contributed by atoms with E-state index in [9.17, 15) is 18.0 Å². The lowest BCUT2D eigenvalue weighted by atomic mass is 10.1. The van der Waals surface area contributed by atoms with Crippen LogP contribution in [0.2, 0.25) is 0 Å². The van der Waals surface area contributed by atoms with Crippen molar-refractivity contribution in [3.05, 3.63) is 35.4 Å². The summed E-state index contributed by atoms with van der Waals surface area (Å²) in [6, 6.07) is 5.40. The first-order valence-corrected chi connectivity index (χ1v) is 9.54. The number of hydrogen-bond donors (Lipinski definition) is 2. The van der Waals surface area contributed by atoms with Gasteiger partial charge in [-0.15, -0.1) is 24.0 Å². The first-order valence-electron chi connectivity index (χ1n) is 9.54. The van der Waals surface area contributed by atoms with Gasteiger partial charge < -0.3 is 15.4 Å². The van der Waals surface area contributed by atoms with Crippen LogP contribution in [0.3, 0.4) is 0 Å². The molecule has 6 nitrogen and oxygen atoms in total. The topological polar surface area (TPSA) is 66.0 Å². The minimum Gasteiger partial charge on any atom is -0.459 e. The average Bonchev–Trinajstić information content (AvgIpc) is 3.03. The molecular weight excluding hydrogens is 512 g/mol. The largest absolute Gasteiger partial charge is 0.459 e. The minimum atomic E-state index is -4.32. The minimum absolute atomic E-state index is 0. The number of aliphatic imine (C=N–C) groups is 1. The maximum absolute atomic E-state index is 12.7. The Morgan fingerprint density at radius 2 is 1.87 bits per heavy atom. The summed E-state index contributed by atoms with van der Waals surface area (Å²) in [7, 11) is 1.62. The molecular formula is C20H30F3IN4O2. The number of benzene rings is 1. The number of carbonyl (C=O) groups excluding carboxylic acids is 1. The van der Waals surface area contributed by atoms with Crippen molar-refractivity contribution in [1.82, 2.24) is 15.5 Å². The van der Waals surface area contributed by atoms with E-state index in [2.05, 4.69) is 20.5 Å². The Balaban J connectivity index is 0.00000450. The molecule has 0 aromatic heterocycles. The maximum Gasteiger partial charge on any atom is 0.416 e. The van der Waals surface area contributed by atoms with Gasteiger partial charge in [-0.05, 0) is 44.9 Å². The van der Waals surface area contributed by atoms with Crippen LogP contribution < -0.4 is 10.6 Å². The molecule has 1 aromatic rings. The first kappa shape index (κ1) is 26.5. The molecule has 170 valence electrons. The Kier molecular flexibility index (Phi) is 9.86. The Labute approximate surface area is 192 Å². The monoisotopic (exact) mass is 542 g/mol. The van der Waals surface area contributed by atoms with E-state index < -0.39 is 17.3 Å². The molecule has 10 heteroatoms. The molecule has 0 saturated carbocycles. The Hall–Kier alpha value is -1.56. The fourth-order valence-electron chi connectivity index (χ4n) is 3.07. The standard InChI is InChI=1S/C20H29F3N4O2.HI/c1-19(2,3)29-17(28)11-25-18(24-4)26-16-9-10-27(13-16)12-14-5-7-15(8-6-14)20(21,22)23;/h5-8,16H,9-13H2,1-4H3,(H2,24,25,26);1H. The van der Waals surface area contributed by atoms with Crippen LogP contribution in [-0.4, -0.2) is 55.2 Å². The summed E-state index contributed by atoms with van der Waals surface area (Å²) >= 11 is 0. The van der Waals surface area contributed by atoms with Gasteiger partial charge in [0.25, 0.3) is 0 Å². The number of halogens is 4. The number of ether oxygens (including phenoxy) is 1. The summed E-state index contributed by atoms with van der Waals surface area (Å²) < 4.78 is 43.2. The summed E-state index contributed by atoms with van der Waals surface area (Å²) in [4.78, 5) is 18.1. The lowest BCUT2D eigenvalue weighted by Crippen LogP contribution is -2.46. The van der Waals surface area contributed by atoms with Crippen molar-refractivity contribution in [1.29, 1.82) is 0 Å². The molecule has 0 bridgehead atoms. The molecule has 1 aromatic carbocycles. The number of rotatable bonds is 5. The second-order valence-electron chi connectivity index (χ2n) is 8.07. The van der Waals surface area contributed by atoms with Gasteiger partial charge in [0.2, 0.25) is 0 Å². The van der Waals surface area contributed by atoms with Crippen LogP contribution >= 0.6 is 24.0 Å². The van der Waals surface area contributed by atoms with E-state index in [1.165, 1.54) is 12.1 Å². The Morgan fingerprint density at radius 3 is 2.40 bits per heavy atom. The highest BCUT2D eigenvalue weighted by atomic mass is 127. The van der Waals surface area contributed by atoms with Gasteiger partial charge in [0.15, 0.2) is 5.96 Å². The van der Waals surface area contributed by atoms with Crippen LogP contribution in [-0.2, 0) is 22.3 Å². The molecule has 1 heterocycles. The Bertz CT molecular complexity index is 718. The summed E-state index contributed by atoms with van der Waals surface area (Å²) in [6.07, 6.45) is -3.45. The molecule has 0 aliphatic carbocycles. The van der Waals surface area contributed by atoms with Gasteiger partial charge in [-0.3, -0.25) is 14.7 Å². The molecule has 1 unspecified atom stereocenters. The van der Waals surface area contributed by atoms with Gasteiger partial charge in [0.1, 0.15) is 12.1 Å². The summed E-state index contributed by atoms with van der Waals surface area (Å²) in [5.74, 6) is 0.146. The molecule has 1 aliphatic rings. The van der Waals surface area contributed by atoms with Gasteiger partial charge >= 0.3 is 12.1 Å². The van der Waals surface area contributed by atoms with E-state index in [0.29, 0.717) is 12.5 Å². The molecule has 0 radical (unpaired) electrons. The van der Waals surface area contributed by atoms with E-state index in [1.54, 1.807) is 7.05 Å². The fourth-order valence-corrected chi connectivity index (χ4v) is 3.07. The Morgan fingerprint density at radius 1 is 1.23 bits per heavy atom. The second kappa shape index (κ2) is 11.2. The zero-order valence-corrected chi connectivity index (χ0v) is 20.0. The molecule has 0 amide bonds. The lowest BCUT2D eigenvalue weighted by Gasteiger charge is -2.21. The van der Waals surface area contributed by atoms with Crippen molar-refractivity contribution in [2.75, 3.05) is 26.7 Å². The maximum atomic E-state index is 12.7. The van der Waals surface area contributed by atoms with Crippen LogP contribution in [0.1, 0.15) is 38.3 Å². The molecule has 1 fully saturated rings. The molecule has 1 aliphatic heterocycles. The molecule has 1 saturated heterocycles. The molecule has 2 rings (SSSR count). The SMILES string of the molecule is CN=C(NCC(=O)OC(C)(C)C)NC1CCN(Cc2ccc(C(F)(F)F)cc2)C1.I. The zero-order chi connectivity index (χ0) is 21.7. The summed E-state index contributed by atoms with van der Waals surface area (Å²) in [5, 5.41) is 6.21. The predicted octanol–water partition coefficient (Wildman–Crippen LogP) is 3.40. The third-order valence-corrected chi connectivity index (χ3v) is 4.34. The number of guanidine groups is 1. The van der Waals surface area contributed by atoms with Crippen molar-refractivity contribution in [3.63, 3.8) is 0 Å². The molecule has 0 spiro atoms. The van der Waals surface area contributed by atoms with E-state index >= 15 is 0 Å². The molecule has 1 atom stereocenters. The highest BCUT2D eigenvalue weighted by Gasteiger charge is 2.30. The quantitative estimate of drug-likeness (QED) is 0.259.